The molecule has 0 aromatic heterocycles. The second-order valence-corrected chi connectivity index (χ2v) is 4.98. The van der Waals surface area contributed by atoms with Crippen LogP contribution in [0.3, 0.4) is 0 Å². The Labute approximate surface area is 114 Å². The molecule has 0 bridgehead atoms. The molecule has 1 aromatic carbocycles. The number of nitrogens with two attached hydrogens (primary N) is 1. The van der Waals surface area contributed by atoms with Gasteiger partial charge in [-0.3, -0.25) is 10.1 Å². The highest BCUT2D eigenvalue weighted by atomic mass is 79.9. The first-order valence-electron chi connectivity index (χ1n) is 4.61. The van der Waals surface area contributed by atoms with E-state index in [0.717, 1.165) is 0 Å². The van der Waals surface area contributed by atoms with Gasteiger partial charge in [0.25, 0.3) is 0 Å². The highest BCUT2D eigenvalue weighted by molar-refractivity contribution is 9.13. The number of phenolic OH excluding ortho intramolecular Hbond substituents is 1. The SMILES string of the molecule is N[C@@H](CCO)c1cc(Br)c(Br)c([N+](=O)[O-])c1O. The van der Waals surface area contributed by atoms with Crippen molar-refractivity contribution in [2.45, 2.75) is 12.5 Å². The first kappa shape index (κ1) is 14.4. The van der Waals surface area contributed by atoms with Gasteiger partial charge in [-0.1, -0.05) is 0 Å². The van der Waals surface area contributed by atoms with Gasteiger partial charge in [-0.15, -0.1) is 0 Å². The Kier molecular flexibility index (Phi) is 4.87. The zero-order chi connectivity index (χ0) is 13.2. The molecule has 0 aliphatic rings. The summed E-state index contributed by atoms with van der Waals surface area (Å²) in [6, 6.07) is 0.829. The minimum atomic E-state index is -0.695. The highest BCUT2D eigenvalue weighted by Crippen LogP contribution is 2.43. The summed E-state index contributed by atoms with van der Waals surface area (Å²) in [5.41, 5.74) is 5.50. The predicted octanol–water partition coefficient (Wildman–Crippen LogP) is 2.21. The summed E-state index contributed by atoms with van der Waals surface area (Å²) in [6.45, 7) is -0.165. The Hall–Kier alpha value is -0.700. The Morgan fingerprint density at radius 1 is 1.53 bits per heavy atom. The molecule has 0 unspecified atom stereocenters. The molecule has 0 spiro atoms. The number of nitrogens with zero attached hydrogens (tertiary/aromatic N) is 1. The molecule has 1 rings (SSSR count). The van der Waals surface area contributed by atoms with Crippen molar-refractivity contribution in [1.29, 1.82) is 0 Å². The van der Waals surface area contributed by atoms with E-state index in [1.165, 1.54) is 6.07 Å². The second kappa shape index (κ2) is 5.76. The number of aliphatic hydroxyl groups excluding tert-OH is 1. The Bertz CT molecular complexity index is 453. The van der Waals surface area contributed by atoms with Crippen molar-refractivity contribution in [3.8, 4) is 5.75 Å². The van der Waals surface area contributed by atoms with Crippen LogP contribution in [0.25, 0.3) is 0 Å². The lowest BCUT2D eigenvalue weighted by Gasteiger charge is -2.13. The first-order valence-corrected chi connectivity index (χ1v) is 6.20. The number of phenols is 1. The maximum Gasteiger partial charge on any atom is 0.326 e. The standard InChI is InChI=1S/C9H10Br2N2O4/c10-5-3-4(6(12)1-2-14)9(15)8(7(5)11)13(16)17/h3,6,14-15H,1-2,12H2/t6-/m0/s1. The highest BCUT2D eigenvalue weighted by Gasteiger charge is 2.26. The molecule has 1 atom stereocenters. The molecule has 4 N–H and O–H groups in total. The number of rotatable bonds is 4. The van der Waals surface area contributed by atoms with E-state index in [-0.39, 0.29) is 23.1 Å². The molecule has 1 aromatic rings. The normalized spacial score (nSPS) is 12.5. The monoisotopic (exact) mass is 368 g/mol. The van der Waals surface area contributed by atoms with Crippen LogP contribution in [0.4, 0.5) is 5.69 Å². The van der Waals surface area contributed by atoms with Crippen LogP contribution in [0, 0.1) is 10.1 Å². The predicted molar refractivity (Wildman–Crippen MR) is 68.8 cm³/mol. The van der Waals surface area contributed by atoms with Gasteiger partial charge >= 0.3 is 5.69 Å². The summed E-state index contributed by atoms with van der Waals surface area (Å²) in [5.74, 6) is -0.481. The molecule has 94 valence electrons. The van der Waals surface area contributed by atoms with Crippen molar-refractivity contribution in [1.82, 2.24) is 0 Å². The number of nitro benzene ring substituents is 1. The number of aromatic hydroxyl groups is 1. The third-order valence-corrected chi connectivity index (χ3v) is 4.18. The molecular formula is C9H10Br2N2O4. The first-order chi connectivity index (χ1) is 7.90. The van der Waals surface area contributed by atoms with E-state index in [0.29, 0.717) is 4.47 Å². The van der Waals surface area contributed by atoms with Gasteiger partial charge in [-0.05, 0) is 44.3 Å². The molecule has 0 fully saturated rings. The molecular weight excluding hydrogens is 360 g/mol. The Balaban J connectivity index is 3.39. The van der Waals surface area contributed by atoms with Crippen LogP contribution in [-0.2, 0) is 0 Å². The van der Waals surface area contributed by atoms with Gasteiger partial charge in [0.15, 0.2) is 5.75 Å². The third-order valence-electron chi connectivity index (χ3n) is 2.22. The fraction of sp³-hybridized carbons (Fsp3) is 0.333. The van der Waals surface area contributed by atoms with Crippen LogP contribution in [0.1, 0.15) is 18.0 Å². The lowest BCUT2D eigenvalue weighted by atomic mass is 10.0. The molecule has 0 aliphatic carbocycles. The van der Waals surface area contributed by atoms with Crippen LogP contribution >= 0.6 is 31.9 Å². The molecule has 0 heterocycles. The zero-order valence-corrected chi connectivity index (χ0v) is 11.7. The summed E-state index contributed by atoms with van der Waals surface area (Å²) in [6.07, 6.45) is 0.207. The Morgan fingerprint density at radius 2 is 2.12 bits per heavy atom. The average Bonchev–Trinajstić information content (AvgIpc) is 2.23. The molecule has 8 heteroatoms. The van der Waals surface area contributed by atoms with Crippen LogP contribution in [0.2, 0.25) is 0 Å². The lowest BCUT2D eigenvalue weighted by molar-refractivity contribution is -0.386. The summed E-state index contributed by atoms with van der Waals surface area (Å²) in [5, 5.41) is 29.4. The maximum atomic E-state index is 10.8. The van der Waals surface area contributed by atoms with Crippen molar-refractivity contribution in [3.63, 3.8) is 0 Å². The number of hydrogen-bond donors (Lipinski definition) is 3. The maximum absolute atomic E-state index is 10.8. The van der Waals surface area contributed by atoms with Gasteiger partial charge < -0.3 is 15.9 Å². The number of hydrogen-bond acceptors (Lipinski definition) is 5. The molecule has 6 nitrogen and oxygen atoms in total. The van der Waals surface area contributed by atoms with Crippen molar-refractivity contribution >= 4 is 37.5 Å². The van der Waals surface area contributed by atoms with E-state index in [9.17, 15) is 15.2 Å². The van der Waals surface area contributed by atoms with Crippen molar-refractivity contribution in [3.05, 3.63) is 30.7 Å². The number of benzene rings is 1. The minimum Gasteiger partial charge on any atom is -0.502 e. The zero-order valence-electron chi connectivity index (χ0n) is 8.56. The van der Waals surface area contributed by atoms with Crippen LogP contribution in [-0.4, -0.2) is 21.7 Å². The van der Waals surface area contributed by atoms with Crippen LogP contribution in [0.5, 0.6) is 5.75 Å². The van der Waals surface area contributed by atoms with E-state index in [2.05, 4.69) is 31.9 Å². The average molecular weight is 370 g/mol. The molecule has 0 saturated heterocycles. The van der Waals surface area contributed by atoms with E-state index < -0.39 is 22.4 Å². The summed E-state index contributed by atoms with van der Waals surface area (Å²) in [4.78, 5) is 10.1. The van der Waals surface area contributed by atoms with Crippen molar-refractivity contribution < 1.29 is 15.1 Å². The molecule has 0 aliphatic heterocycles. The van der Waals surface area contributed by atoms with Gasteiger partial charge in [0.1, 0.15) is 4.47 Å². The largest absolute Gasteiger partial charge is 0.502 e. The van der Waals surface area contributed by atoms with Crippen molar-refractivity contribution in [2.75, 3.05) is 6.61 Å². The number of halogens is 2. The molecule has 0 amide bonds. The topological polar surface area (TPSA) is 110 Å². The van der Waals surface area contributed by atoms with Gasteiger partial charge in [0.05, 0.1) is 4.92 Å². The quantitative estimate of drug-likeness (QED) is 0.556. The molecule has 0 radical (unpaired) electrons. The van der Waals surface area contributed by atoms with Gasteiger partial charge in [0, 0.05) is 22.7 Å². The summed E-state index contributed by atoms with van der Waals surface area (Å²) < 4.78 is 0.574. The fourth-order valence-electron chi connectivity index (χ4n) is 1.37. The molecule has 17 heavy (non-hydrogen) atoms. The third kappa shape index (κ3) is 2.95. The van der Waals surface area contributed by atoms with Gasteiger partial charge in [-0.25, -0.2) is 0 Å². The summed E-state index contributed by atoms with van der Waals surface area (Å²) in [7, 11) is 0. The van der Waals surface area contributed by atoms with Crippen molar-refractivity contribution in [2.24, 2.45) is 5.73 Å². The Morgan fingerprint density at radius 3 is 2.59 bits per heavy atom. The minimum absolute atomic E-state index is 0.153. The molecule has 0 saturated carbocycles. The fourth-order valence-corrected chi connectivity index (χ4v) is 2.25. The van der Waals surface area contributed by atoms with Gasteiger partial charge in [0.2, 0.25) is 0 Å². The van der Waals surface area contributed by atoms with Crippen LogP contribution in [0.15, 0.2) is 15.0 Å². The number of nitro groups is 1. The lowest BCUT2D eigenvalue weighted by Crippen LogP contribution is -2.13. The van der Waals surface area contributed by atoms with E-state index in [1.54, 1.807) is 0 Å². The smallest absolute Gasteiger partial charge is 0.326 e. The van der Waals surface area contributed by atoms with E-state index in [4.69, 9.17) is 10.8 Å². The van der Waals surface area contributed by atoms with Gasteiger partial charge in [-0.2, -0.15) is 0 Å². The van der Waals surface area contributed by atoms with E-state index in [1.807, 2.05) is 0 Å². The van der Waals surface area contributed by atoms with E-state index >= 15 is 0 Å². The van der Waals surface area contributed by atoms with Crippen LogP contribution < -0.4 is 5.73 Å². The second-order valence-electron chi connectivity index (χ2n) is 3.33. The number of aliphatic hydroxyl groups is 1. The summed E-state index contributed by atoms with van der Waals surface area (Å²) >= 11 is 6.15.